The molecular formula is C17H28ClN3O4. The summed E-state index contributed by atoms with van der Waals surface area (Å²) in [5, 5.41) is 5.60. The number of halogens is 1. The van der Waals surface area contributed by atoms with E-state index in [9.17, 15) is 9.59 Å². The second-order valence-corrected chi connectivity index (χ2v) is 6.17. The zero-order chi connectivity index (χ0) is 18.5. The number of rotatable bonds is 7. The van der Waals surface area contributed by atoms with Crippen molar-refractivity contribution in [3.05, 3.63) is 17.7 Å². The van der Waals surface area contributed by atoms with E-state index in [0.29, 0.717) is 29.3 Å². The highest BCUT2D eigenvalue weighted by atomic mass is 35.5. The van der Waals surface area contributed by atoms with Gasteiger partial charge in [-0.25, -0.2) is 0 Å². The molecule has 0 aliphatic heterocycles. The van der Waals surface area contributed by atoms with Gasteiger partial charge in [0.15, 0.2) is 11.5 Å². The van der Waals surface area contributed by atoms with Crippen molar-refractivity contribution >= 4 is 29.9 Å². The van der Waals surface area contributed by atoms with Gasteiger partial charge in [-0.15, -0.1) is 12.4 Å². The van der Waals surface area contributed by atoms with Crippen LogP contribution in [-0.2, 0) is 4.79 Å². The molecule has 1 aromatic rings. The number of ether oxygens (including phenoxy) is 2. The van der Waals surface area contributed by atoms with E-state index < -0.39 is 5.54 Å². The minimum Gasteiger partial charge on any atom is -0.493 e. The molecular weight excluding hydrogens is 346 g/mol. The molecule has 25 heavy (non-hydrogen) atoms. The molecule has 0 heterocycles. The van der Waals surface area contributed by atoms with Crippen molar-refractivity contribution < 1.29 is 19.1 Å². The van der Waals surface area contributed by atoms with Crippen molar-refractivity contribution in [2.45, 2.75) is 33.2 Å². The molecule has 1 aromatic carbocycles. The quantitative estimate of drug-likeness (QED) is 0.679. The summed E-state index contributed by atoms with van der Waals surface area (Å²) in [6.07, 6.45) is 0. The van der Waals surface area contributed by atoms with E-state index in [2.05, 4.69) is 10.6 Å². The van der Waals surface area contributed by atoms with E-state index in [0.717, 1.165) is 0 Å². The first-order chi connectivity index (χ1) is 11.2. The van der Waals surface area contributed by atoms with Crippen molar-refractivity contribution in [2.75, 3.05) is 26.1 Å². The molecule has 2 amide bonds. The summed E-state index contributed by atoms with van der Waals surface area (Å²) in [6, 6.07) is 3.12. The van der Waals surface area contributed by atoms with E-state index >= 15 is 0 Å². The average Bonchev–Trinajstić information content (AvgIpc) is 2.52. The zero-order valence-corrected chi connectivity index (χ0v) is 16.4. The Bertz CT molecular complexity index is 622. The lowest BCUT2D eigenvalue weighted by Gasteiger charge is -2.33. The second-order valence-electron chi connectivity index (χ2n) is 6.17. The van der Waals surface area contributed by atoms with Gasteiger partial charge in [0.25, 0.3) is 5.91 Å². The zero-order valence-electron chi connectivity index (χ0n) is 15.6. The maximum atomic E-state index is 12.7. The van der Waals surface area contributed by atoms with Crippen LogP contribution >= 0.6 is 12.4 Å². The Labute approximate surface area is 155 Å². The lowest BCUT2D eigenvalue weighted by molar-refractivity contribution is -0.114. The summed E-state index contributed by atoms with van der Waals surface area (Å²) < 4.78 is 10.5. The maximum Gasteiger partial charge on any atom is 0.251 e. The number of anilines is 1. The van der Waals surface area contributed by atoms with Crippen LogP contribution < -0.4 is 25.8 Å². The van der Waals surface area contributed by atoms with Crippen molar-refractivity contribution in [3.63, 3.8) is 0 Å². The van der Waals surface area contributed by atoms with E-state index in [-0.39, 0.29) is 30.1 Å². The van der Waals surface area contributed by atoms with Crippen molar-refractivity contribution in [2.24, 2.45) is 11.7 Å². The lowest BCUT2D eigenvalue weighted by atomic mass is 9.88. The SMILES string of the molecule is COc1cc(C(=O)NC(C)(CN)C(C)C)cc(NC(C)=O)c1OC.Cl. The molecule has 1 rings (SSSR count). The number of amides is 2. The molecule has 1 unspecified atom stereocenters. The van der Waals surface area contributed by atoms with Gasteiger partial charge in [0.1, 0.15) is 0 Å². The number of nitrogens with one attached hydrogen (secondary N) is 2. The number of hydrogen-bond donors (Lipinski definition) is 3. The van der Waals surface area contributed by atoms with Crippen LogP contribution in [0, 0.1) is 5.92 Å². The summed E-state index contributed by atoms with van der Waals surface area (Å²) in [5.41, 5.74) is 5.99. The third kappa shape index (κ3) is 5.51. The first kappa shape index (κ1) is 23.0. The number of benzene rings is 1. The average molecular weight is 374 g/mol. The van der Waals surface area contributed by atoms with Gasteiger partial charge in [0.05, 0.1) is 25.4 Å². The Hall–Kier alpha value is -1.99. The molecule has 0 aromatic heterocycles. The molecule has 0 radical (unpaired) electrons. The largest absolute Gasteiger partial charge is 0.493 e. The van der Waals surface area contributed by atoms with E-state index in [1.54, 1.807) is 12.1 Å². The standard InChI is InChI=1S/C17H27N3O4.ClH/c1-10(2)17(4,9-18)20-16(22)12-7-13(19-11(3)21)15(24-6)14(8-12)23-5;/h7-8,10H,9,18H2,1-6H3,(H,19,21)(H,20,22);1H. The number of carbonyl (C=O) groups excluding carboxylic acids is 2. The smallest absolute Gasteiger partial charge is 0.251 e. The van der Waals surface area contributed by atoms with Crippen LogP contribution in [0.2, 0.25) is 0 Å². The fourth-order valence-corrected chi connectivity index (χ4v) is 2.14. The predicted molar refractivity (Wildman–Crippen MR) is 101 cm³/mol. The highest BCUT2D eigenvalue weighted by Gasteiger charge is 2.29. The third-order valence-electron chi connectivity index (χ3n) is 4.15. The molecule has 0 aliphatic rings. The van der Waals surface area contributed by atoms with Crippen LogP contribution in [0.25, 0.3) is 0 Å². The van der Waals surface area contributed by atoms with Crippen molar-refractivity contribution in [1.82, 2.24) is 5.32 Å². The third-order valence-corrected chi connectivity index (χ3v) is 4.15. The van der Waals surface area contributed by atoms with Gasteiger partial charge in [-0.05, 0) is 25.0 Å². The normalized spacial score (nSPS) is 12.6. The monoisotopic (exact) mass is 373 g/mol. The number of methoxy groups -OCH3 is 2. The van der Waals surface area contributed by atoms with E-state index in [1.807, 2.05) is 20.8 Å². The Morgan fingerprint density at radius 3 is 2.24 bits per heavy atom. The Morgan fingerprint density at radius 2 is 1.84 bits per heavy atom. The van der Waals surface area contributed by atoms with Gasteiger partial charge >= 0.3 is 0 Å². The molecule has 0 fully saturated rings. The van der Waals surface area contributed by atoms with Crippen molar-refractivity contribution in [3.8, 4) is 11.5 Å². The molecule has 7 nitrogen and oxygen atoms in total. The minimum absolute atomic E-state index is 0. The molecule has 1 atom stereocenters. The summed E-state index contributed by atoms with van der Waals surface area (Å²) in [6.45, 7) is 7.56. The minimum atomic E-state index is -0.543. The van der Waals surface area contributed by atoms with Crippen LogP contribution in [-0.4, -0.2) is 38.1 Å². The molecule has 142 valence electrons. The number of nitrogens with two attached hydrogens (primary N) is 1. The van der Waals surface area contributed by atoms with Crippen LogP contribution in [0.15, 0.2) is 12.1 Å². The molecule has 0 bridgehead atoms. The topological polar surface area (TPSA) is 103 Å². The Balaban J connectivity index is 0.00000576. The molecule has 0 aliphatic carbocycles. The molecule has 4 N–H and O–H groups in total. The van der Waals surface area contributed by atoms with Gasteiger partial charge < -0.3 is 25.8 Å². The maximum absolute atomic E-state index is 12.7. The summed E-state index contributed by atoms with van der Waals surface area (Å²) in [4.78, 5) is 24.1. The highest BCUT2D eigenvalue weighted by Crippen LogP contribution is 2.36. The van der Waals surface area contributed by atoms with Gasteiger partial charge in [-0.1, -0.05) is 13.8 Å². The first-order valence-corrected chi connectivity index (χ1v) is 7.74. The van der Waals surface area contributed by atoms with Crippen molar-refractivity contribution in [1.29, 1.82) is 0 Å². The summed E-state index contributed by atoms with van der Waals surface area (Å²) in [7, 11) is 2.93. The molecule has 0 saturated heterocycles. The fourth-order valence-electron chi connectivity index (χ4n) is 2.14. The van der Waals surface area contributed by atoms with Gasteiger partial charge in [0.2, 0.25) is 5.91 Å². The lowest BCUT2D eigenvalue weighted by Crippen LogP contribution is -2.55. The van der Waals surface area contributed by atoms with E-state index in [1.165, 1.54) is 21.1 Å². The molecule has 8 heteroatoms. The summed E-state index contributed by atoms with van der Waals surface area (Å²) in [5.74, 6) is 0.287. The van der Waals surface area contributed by atoms with Crippen LogP contribution in [0.3, 0.4) is 0 Å². The fraction of sp³-hybridized carbons (Fsp3) is 0.529. The van der Waals surface area contributed by atoms with Crippen LogP contribution in [0.1, 0.15) is 38.1 Å². The highest BCUT2D eigenvalue weighted by molar-refractivity contribution is 5.99. The van der Waals surface area contributed by atoms with E-state index in [4.69, 9.17) is 15.2 Å². The number of hydrogen-bond acceptors (Lipinski definition) is 5. The first-order valence-electron chi connectivity index (χ1n) is 7.74. The molecule has 0 saturated carbocycles. The van der Waals surface area contributed by atoms with Gasteiger partial charge in [0, 0.05) is 19.0 Å². The second kappa shape index (κ2) is 9.48. The predicted octanol–water partition coefficient (Wildman–Crippen LogP) is 2.19. The Kier molecular flexibility index (Phi) is 8.73. The van der Waals surface area contributed by atoms with Crippen LogP contribution in [0.5, 0.6) is 11.5 Å². The summed E-state index contributed by atoms with van der Waals surface area (Å²) >= 11 is 0. The Morgan fingerprint density at radius 1 is 1.24 bits per heavy atom. The number of carbonyl (C=O) groups is 2. The van der Waals surface area contributed by atoms with Gasteiger partial charge in [-0.2, -0.15) is 0 Å². The molecule has 0 spiro atoms. The van der Waals surface area contributed by atoms with Crippen LogP contribution in [0.4, 0.5) is 5.69 Å². The van der Waals surface area contributed by atoms with Gasteiger partial charge in [-0.3, -0.25) is 9.59 Å².